The number of ether oxygens (including phenoxy) is 2. The van der Waals surface area contributed by atoms with Gasteiger partial charge in [0.1, 0.15) is 5.82 Å². The molecule has 0 spiro atoms. The molecule has 26 heavy (non-hydrogen) atoms. The lowest BCUT2D eigenvalue weighted by Gasteiger charge is -2.24. The quantitative estimate of drug-likeness (QED) is 0.859. The summed E-state index contributed by atoms with van der Waals surface area (Å²) >= 11 is 0. The van der Waals surface area contributed by atoms with Gasteiger partial charge in [-0.3, -0.25) is 9.69 Å². The summed E-state index contributed by atoms with van der Waals surface area (Å²) in [5.74, 6) is 0.831. The highest BCUT2D eigenvalue weighted by Crippen LogP contribution is 2.30. The standard InChI is InChI=1S/C20H23FN2O3/c1-25-18-10-9-15(12-19(18)26-2)22-20(24)17-8-5-11-23(17)13-14-6-3-4-7-16(14)21/h3-4,6-7,9-10,12,17H,5,8,11,13H2,1-2H3,(H,22,24). The van der Waals surface area contributed by atoms with E-state index < -0.39 is 0 Å². The van der Waals surface area contributed by atoms with Gasteiger partial charge < -0.3 is 14.8 Å². The van der Waals surface area contributed by atoms with Gasteiger partial charge in [0.25, 0.3) is 0 Å². The van der Waals surface area contributed by atoms with Crippen molar-refractivity contribution >= 4 is 11.6 Å². The monoisotopic (exact) mass is 358 g/mol. The van der Waals surface area contributed by atoms with Crippen molar-refractivity contribution in [1.29, 1.82) is 0 Å². The van der Waals surface area contributed by atoms with Gasteiger partial charge in [-0.1, -0.05) is 18.2 Å². The zero-order chi connectivity index (χ0) is 18.5. The van der Waals surface area contributed by atoms with Crippen molar-refractivity contribution in [2.45, 2.75) is 25.4 Å². The Labute approximate surface area is 152 Å². The molecule has 1 fully saturated rings. The van der Waals surface area contributed by atoms with Gasteiger partial charge >= 0.3 is 0 Å². The zero-order valence-electron chi connectivity index (χ0n) is 15.0. The van der Waals surface area contributed by atoms with Gasteiger partial charge in [0.15, 0.2) is 11.5 Å². The van der Waals surface area contributed by atoms with E-state index in [1.165, 1.54) is 6.07 Å². The Morgan fingerprint density at radius 3 is 2.69 bits per heavy atom. The molecule has 1 unspecified atom stereocenters. The van der Waals surface area contributed by atoms with E-state index in [9.17, 15) is 9.18 Å². The number of nitrogens with one attached hydrogen (secondary N) is 1. The Morgan fingerprint density at radius 1 is 1.19 bits per heavy atom. The van der Waals surface area contributed by atoms with Crippen LogP contribution in [-0.2, 0) is 11.3 Å². The largest absolute Gasteiger partial charge is 0.493 e. The highest BCUT2D eigenvalue weighted by molar-refractivity contribution is 5.95. The van der Waals surface area contributed by atoms with Crippen molar-refractivity contribution in [2.24, 2.45) is 0 Å². The minimum Gasteiger partial charge on any atom is -0.493 e. The van der Waals surface area contributed by atoms with Crippen LogP contribution >= 0.6 is 0 Å². The maximum absolute atomic E-state index is 13.9. The molecule has 5 nitrogen and oxygen atoms in total. The molecule has 1 saturated heterocycles. The predicted molar refractivity (Wildman–Crippen MR) is 98.0 cm³/mol. The molecule has 0 bridgehead atoms. The Kier molecular flexibility index (Phi) is 5.73. The zero-order valence-corrected chi connectivity index (χ0v) is 15.0. The molecule has 0 saturated carbocycles. The average Bonchev–Trinajstić information content (AvgIpc) is 3.12. The number of methoxy groups -OCH3 is 2. The first-order valence-corrected chi connectivity index (χ1v) is 8.62. The molecule has 0 aromatic heterocycles. The first kappa shape index (κ1) is 18.2. The van der Waals surface area contributed by atoms with Crippen molar-refractivity contribution in [3.63, 3.8) is 0 Å². The molecule has 138 valence electrons. The lowest BCUT2D eigenvalue weighted by Crippen LogP contribution is -2.39. The minimum atomic E-state index is -0.275. The van der Waals surface area contributed by atoms with Crippen LogP contribution in [-0.4, -0.2) is 37.6 Å². The molecule has 1 amide bonds. The van der Waals surface area contributed by atoms with Crippen LogP contribution in [0.4, 0.5) is 10.1 Å². The van der Waals surface area contributed by atoms with Crippen LogP contribution in [0.3, 0.4) is 0 Å². The Balaban J connectivity index is 1.69. The first-order valence-electron chi connectivity index (χ1n) is 8.62. The summed E-state index contributed by atoms with van der Waals surface area (Å²) in [4.78, 5) is 14.8. The van der Waals surface area contributed by atoms with Crippen LogP contribution < -0.4 is 14.8 Å². The van der Waals surface area contributed by atoms with Crippen molar-refractivity contribution in [3.8, 4) is 11.5 Å². The summed E-state index contributed by atoms with van der Waals surface area (Å²) in [5.41, 5.74) is 1.25. The molecule has 1 aliphatic rings. The Hall–Kier alpha value is -2.60. The van der Waals surface area contributed by atoms with E-state index in [2.05, 4.69) is 5.32 Å². The van der Waals surface area contributed by atoms with Gasteiger partial charge in [-0.2, -0.15) is 0 Å². The van der Waals surface area contributed by atoms with E-state index >= 15 is 0 Å². The maximum Gasteiger partial charge on any atom is 0.241 e. The second-order valence-corrected chi connectivity index (χ2v) is 6.28. The van der Waals surface area contributed by atoms with Gasteiger partial charge in [0, 0.05) is 23.9 Å². The predicted octanol–water partition coefficient (Wildman–Crippen LogP) is 3.45. The van der Waals surface area contributed by atoms with Gasteiger partial charge in [0.05, 0.1) is 20.3 Å². The van der Waals surface area contributed by atoms with Crippen molar-refractivity contribution < 1.29 is 18.7 Å². The fourth-order valence-electron chi connectivity index (χ4n) is 3.30. The number of rotatable bonds is 6. The Bertz CT molecular complexity index is 781. The molecule has 1 aliphatic heterocycles. The molecule has 1 atom stereocenters. The minimum absolute atomic E-state index is 0.0916. The summed E-state index contributed by atoms with van der Waals surface area (Å²) in [6.45, 7) is 1.20. The third-order valence-corrected chi connectivity index (χ3v) is 4.65. The number of anilines is 1. The number of hydrogen-bond acceptors (Lipinski definition) is 4. The fraction of sp³-hybridized carbons (Fsp3) is 0.350. The lowest BCUT2D eigenvalue weighted by molar-refractivity contribution is -0.120. The number of carbonyl (C=O) groups is 1. The van der Waals surface area contributed by atoms with Gasteiger partial charge in [0.2, 0.25) is 5.91 Å². The Morgan fingerprint density at radius 2 is 1.96 bits per heavy atom. The third kappa shape index (κ3) is 3.96. The van der Waals surface area contributed by atoms with Gasteiger partial charge in [-0.25, -0.2) is 4.39 Å². The molecule has 6 heteroatoms. The molecule has 2 aromatic rings. The number of nitrogens with zero attached hydrogens (tertiary/aromatic N) is 1. The third-order valence-electron chi connectivity index (χ3n) is 4.65. The van der Waals surface area contributed by atoms with E-state index in [1.807, 2.05) is 11.0 Å². The van der Waals surface area contributed by atoms with E-state index in [0.29, 0.717) is 29.3 Å². The summed E-state index contributed by atoms with van der Waals surface area (Å²) in [6.07, 6.45) is 1.67. The van der Waals surface area contributed by atoms with Gasteiger partial charge in [-0.05, 0) is 37.6 Å². The highest BCUT2D eigenvalue weighted by atomic mass is 19.1. The van der Waals surface area contributed by atoms with E-state index in [-0.39, 0.29) is 17.8 Å². The summed E-state index contributed by atoms with van der Waals surface area (Å²) < 4.78 is 24.4. The second kappa shape index (κ2) is 8.19. The molecule has 2 aromatic carbocycles. The number of hydrogen-bond donors (Lipinski definition) is 1. The smallest absolute Gasteiger partial charge is 0.241 e. The van der Waals surface area contributed by atoms with Crippen LogP contribution in [0.2, 0.25) is 0 Å². The average molecular weight is 358 g/mol. The summed E-state index contributed by atoms with van der Waals surface area (Å²) in [5, 5.41) is 2.93. The van der Waals surface area contributed by atoms with E-state index in [4.69, 9.17) is 9.47 Å². The fourth-order valence-corrected chi connectivity index (χ4v) is 3.30. The first-order chi connectivity index (χ1) is 12.6. The molecule has 1 heterocycles. The van der Waals surface area contributed by atoms with Crippen LogP contribution in [0, 0.1) is 5.82 Å². The van der Waals surface area contributed by atoms with Crippen molar-refractivity contribution in [1.82, 2.24) is 4.90 Å². The van der Waals surface area contributed by atoms with Crippen LogP contribution in [0.5, 0.6) is 11.5 Å². The molecule has 0 radical (unpaired) electrons. The number of halogens is 1. The van der Waals surface area contributed by atoms with Crippen LogP contribution in [0.15, 0.2) is 42.5 Å². The lowest BCUT2D eigenvalue weighted by atomic mass is 10.1. The number of likely N-dealkylation sites (tertiary alicyclic amines) is 1. The molecule has 3 rings (SSSR count). The van der Waals surface area contributed by atoms with Crippen LogP contribution in [0.1, 0.15) is 18.4 Å². The van der Waals surface area contributed by atoms with E-state index in [1.54, 1.807) is 44.6 Å². The normalized spacial score (nSPS) is 17.1. The number of carbonyl (C=O) groups excluding carboxylic acids is 1. The SMILES string of the molecule is COc1ccc(NC(=O)C2CCCN2Cc2ccccc2F)cc1OC. The van der Waals surface area contributed by atoms with Crippen molar-refractivity contribution in [2.75, 3.05) is 26.1 Å². The molecule has 0 aliphatic carbocycles. The maximum atomic E-state index is 13.9. The van der Waals surface area contributed by atoms with E-state index in [0.717, 1.165) is 19.4 Å². The molecular weight excluding hydrogens is 335 g/mol. The number of amides is 1. The molecular formula is C20H23FN2O3. The highest BCUT2D eigenvalue weighted by Gasteiger charge is 2.31. The second-order valence-electron chi connectivity index (χ2n) is 6.28. The molecule has 1 N–H and O–H groups in total. The van der Waals surface area contributed by atoms with Crippen molar-refractivity contribution in [3.05, 3.63) is 53.8 Å². The van der Waals surface area contributed by atoms with Crippen LogP contribution in [0.25, 0.3) is 0 Å². The van der Waals surface area contributed by atoms with Gasteiger partial charge in [-0.15, -0.1) is 0 Å². The topological polar surface area (TPSA) is 50.8 Å². The summed E-state index contributed by atoms with van der Waals surface area (Å²) in [6, 6.07) is 11.7. The number of benzene rings is 2. The summed E-state index contributed by atoms with van der Waals surface area (Å²) in [7, 11) is 3.12.